The molecule has 0 radical (unpaired) electrons. The van der Waals surface area contributed by atoms with Gasteiger partial charge in [0.05, 0.1) is 5.92 Å². The summed E-state index contributed by atoms with van der Waals surface area (Å²) in [5, 5.41) is 17.7. The largest absolute Gasteiger partial charge is 0.481 e. The lowest BCUT2D eigenvalue weighted by atomic mass is 9.92. The molecule has 0 bridgehead atoms. The summed E-state index contributed by atoms with van der Waals surface area (Å²) in [5.74, 6) is 1.59. The molecule has 0 saturated carbocycles. The van der Waals surface area contributed by atoms with Gasteiger partial charge < -0.3 is 14.6 Å². The third kappa shape index (κ3) is 3.16. The van der Waals surface area contributed by atoms with Gasteiger partial charge in [0.25, 0.3) is 0 Å². The van der Waals surface area contributed by atoms with Crippen molar-refractivity contribution in [2.75, 3.05) is 13.1 Å². The van der Waals surface area contributed by atoms with Crippen LogP contribution in [0, 0.1) is 11.8 Å². The van der Waals surface area contributed by atoms with Crippen LogP contribution in [0.3, 0.4) is 0 Å². The van der Waals surface area contributed by atoms with Crippen molar-refractivity contribution in [1.82, 2.24) is 19.7 Å². The van der Waals surface area contributed by atoms with E-state index in [0.717, 1.165) is 24.6 Å². The number of nitrogens with zero attached hydrogens (tertiary/aromatic N) is 4. The van der Waals surface area contributed by atoms with Crippen molar-refractivity contribution in [1.29, 1.82) is 0 Å². The lowest BCUT2D eigenvalue weighted by Gasteiger charge is -2.34. The van der Waals surface area contributed by atoms with Crippen molar-refractivity contribution in [3.05, 3.63) is 11.6 Å². The maximum Gasteiger partial charge on any atom is 0.307 e. The van der Waals surface area contributed by atoms with Gasteiger partial charge in [-0.05, 0) is 52.1 Å². The number of rotatable bonds is 4. The molecule has 1 unspecified atom stereocenters. The zero-order chi connectivity index (χ0) is 15.7. The predicted octanol–water partition coefficient (Wildman–Crippen LogP) is 1.59. The van der Waals surface area contributed by atoms with E-state index in [2.05, 4.69) is 33.5 Å². The van der Waals surface area contributed by atoms with Crippen molar-refractivity contribution in [3.8, 4) is 0 Å². The van der Waals surface area contributed by atoms with Gasteiger partial charge in [-0.2, -0.15) is 0 Å². The first-order chi connectivity index (χ1) is 10.5. The maximum absolute atomic E-state index is 11.1. The fourth-order valence-electron chi connectivity index (χ4n) is 3.68. The van der Waals surface area contributed by atoms with E-state index in [1.54, 1.807) is 0 Å². The second-order valence-electron chi connectivity index (χ2n) is 6.99. The second-order valence-corrected chi connectivity index (χ2v) is 6.99. The van der Waals surface area contributed by atoms with Crippen LogP contribution in [0.2, 0.25) is 0 Å². The minimum absolute atomic E-state index is 0.293. The molecule has 0 spiro atoms. The first-order valence-electron chi connectivity index (χ1n) is 8.42. The summed E-state index contributed by atoms with van der Waals surface area (Å²) in [5.41, 5.74) is 0. The van der Waals surface area contributed by atoms with Crippen LogP contribution in [0.1, 0.15) is 44.8 Å². The molecule has 3 heterocycles. The molecule has 22 heavy (non-hydrogen) atoms. The predicted molar refractivity (Wildman–Crippen MR) is 82.6 cm³/mol. The Morgan fingerprint density at radius 2 is 1.95 bits per heavy atom. The SMILES string of the molecule is CC(C)N1CCC(Cc2nnc3n2CCC(C(=O)O)C3)CC1. The van der Waals surface area contributed by atoms with Crippen molar-refractivity contribution < 1.29 is 9.90 Å². The minimum Gasteiger partial charge on any atom is -0.481 e. The first kappa shape index (κ1) is 15.5. The van der Waals surface area contributed by atoms with E-state index in [-0.39, 0.29) is 5.92 Å². The van der Waals surface area contributed by atoms with Crippen LogP contribution in [0.4, 0.5) is 0 Å². The third-order valence-corrected chi connectivity index (χ3v) is 5.23. The fourth-order valence-corrected chi connectivity index (χ4v) is 3.68. The average molecular weight is 306 g/mol. The van der Waals surface area contributed by atoms with E-state index in [1.807, 2.05) is 0 Å². The van der Waals surface area contributed by atoms with Crippen molar-refractivity contribution in [2.24, 2.45) is 11.8 Å². The normalized spacial score (nSPS) is 23.7. The van der Waals surface area contributed by atoms with Gasteiger partial charge in [-0.3, -0.25) is 4.79 Å². The monoisotopic (exact) mass is 306 g/mol. The molecule has 1 aromatic rings. The van der Waals surface area contributed by atoms with Gasteiger partial charge in [0.1, 0.15) is 11.6 Å². The quantitative estimate of drug-likeness (QED) is 0.914. The van der Waals surface area contributed by atoms with Crippen LogP contribution in [0.5, 0.6) is 0 Å². The Morgan fingerprint density at radius 1 is 1.23 bits per heavy atom. The van der Waals surface area contributed by atoms with E-state index in [0.29, 0.717) is 24.8 Å². The number of hydrogen-bond donors (Lipinski definition) is 1. The first-order valence-corrected chi connectivity index (χ1v) is 8.42. The van der Waals surface area contributed by atoms with Crippen LogP contribution in [-0.4, -0.2) is 49.9 Å². The lowest BCUT2D eigenvalue weighted by molar-refractivity contribution is -0.142. The summed E-state index contributed by atoms with van der Waals surface area (Å²) in [6.07, 6.45) is 4.64. The summed E-state index contributed by atoms with van der Waals surface area (Å²) in [7, 11) is 0. The molecule has 2 aliphatic heterocycles. The number of carboxylic acid groups (broad SMARTS) is 1. The molecule has 1 aromatic heterocycles. The number of fused-ring (bicyclic) bond motifs is 1. The summed E-state index contributed by atoms with van der Waals surface area (Å²) >= 11 is 0. The Kier molecular flexibility index (Phi) is 4.47. The molecule has 1 N–H and O–H groups in total. The number of carbonyl (C=O) groups is 1. The summed E-state index contributed by atoms with van der Waals surface area (Å²) in [6.45, 7) is 7.61. The summed E-state index contributed by atoms with van der Waals surface area (Å²) in [6, 6.07) is 0.634. The van der Waals surface area contributed by atoms with Crippen molar-refractivity contribution in [2.45, 2.75) is 58.5 Å². The second kappa shape index (κ2) is 6.36. The number of piperidine rings is 1. The Morgan fingerprint density at radius 3 is 2.59 bits per heavy atom. The molecular weight excluding hydrogens is 280 g/mol. The number of likely N-dealkylation sites (tertiary alicyclic amines) is 1. The van der Waals surface area contributed by atoms with Crippen LogP contribution >= 0.6 is 0 Å². The molecule has 6 nitrogen and oxygen atoms in total. The number of carboxylic acids is 1. The smallest absolute Gasteiger partial charge is 0.307 e. The van der Waals surface area contributed by atoms with Gasteiger partial charge >= 0.3 is 5.97 Å². The van der Waals surface area contributed by atoms with E-state index in [4.69, 9.17) is 5.11 Å². The van der Waals surface area contributed by atoms with Gasteiger partial charge in [0, 0.05) is 25.4 Å². The van der Waals surface area contributed by atoms with Crippen LogP contribution in [0.15, 0.2) is 0 Å². The topological polar surface area (TPSA) is 71.2 Å². The molecule has 6 heteroatoms. The Balaban J connectivity index is 1.60. The Hall–Kier alpha value is -1.43. The highest BCUT2D eigenvalue weighted by Gasteiger charge is 2.29. The van der Waals surface area contributed by atoms with Crippen molar-refractivity contribution >= 4 is 5.97 Å². The summed E-state index contributed by atoms with van der Waals surface area (Å²) < 4.78 is 2.16. The van der Waals surface area contributed by atoms with E-state index < -0.39 is 5.97 Å². The fraction of sp³-hybridized carbons (Fsp3) is 0.812. The van der Waals surface area contributed by atoms with Crippen molar-refractivity contribution in [3.63, 3.8) is 0 Å². The van der Waals surface area contributed by atoms with E-state index in [1.165, 1.54) is 25.9 Å². The van der Waals surface area contributed by atoms with Crippen LogP contribution < -0.4 is 0 Å². The molecule has 0 amide bonds. The highest BCUT2D eigenvalue weighted by Crippen LogP contribution is 2.25. The number of hydrogen-bond acceptors (Lipinski definition) is 4. The Bertz CT molecular complexity index is 532. The average Bonchev–Trinajstić information content (AvgIpc) is 2.90. The van der Waals surface area contributed by atoms with Crippen LogP contribution in [-0.2, 0) is 24.2 Å². The van der Waals surface area contributed by atoms with E-state index >= 15 is 0 Å². The highest BCUT2D eigenvalue weighted by molar-refractivity contribution is 5.70. The number of aliphatic carboxylic acids is 1. The van der Waals surface area contributed by atoms with Gasteiger partial charge in [0.2, 0.25) is 0 Å². The number of aromatic nitrogens is 3. The zero-order valence-electron chi connectivity index (χ0n) is 13.5. The molecule has 122 valence electrons. The van der Waals surface area contributed by atoms with Gasteiger partial charge in [-0.1, -0.05) is 0 Å². The zero-order valence-corrected chi connectivity index (χ0v) is 13.5. The Labute approximate surface area is 131 Å². The van der Waals surface area contributed by atoms with Gasteiger partial charge in [-0.15, -0.1) is 10.2 Å². The molecular formula is C16H26N4O2. The van der Waals surface area contributed by atoms with Crippen LogP contribution in [0.25, 0.3) is 0 Å². The van der Waals surface area contributed by atoms with E-state index in [9.17, 15) is 4.79 Å². The van der Waals surface area contributed by atoms with Gasteiger partial charge in [0.15, 0.2) is 0 Å². The molecule has 3 rings (SSSR count). The third-order valence-electron chi connectivity index (χ3n) is 5.23. The maximum atomic E-state index is 11.1. The summed E-state index contributed by atoms with van der Waals surface area (Å²) in [4.78, 5) is 13.6. The lowest BCUT2D eigenvalue weighted by Crippen LogP contribution is -2.39. The molecule has 1 atom stereocenters. The molecule has 0 aliphatic carbocycles. The minimum atomic E-state index is -0.711. The molecule has 0 aromatic carbocycles. The molecule has 1 fully saturated rings. The van der Waals surface area contributed by atoms with Gasteiger partial charge in [-0.25, -0.2) is 0 Å². The highest BCUT2D eigenvalue weighted by atomic mass is 16.4. The molecule has 1 saturated heterocycles. The molecule has 2 aliphatic rings. The standard InChI is InChI=1S/C16H26N4O2/c1-11(2)19-6-3-12(4-7-19)9-14-17-18-15-10-13(16(21)22)5-8-20(14)15/h11-13H,3-10H2,1-2H3,(H,21,22).